The first-order chi connectivity index (χ1) is 15.0. The zero-order valence-electron chi connectivity index (χ0n) is 20.7. The summed E-state index contributed by atoms with van der Waals surface area (Å²) in [4.78, 5) is 23.4. The first-order valence-electron chi connectivity index (χ1n) is 12.9. The van der Waals surface area contributed by atoms with Gasteiger partial charge in [-0.1, -0.05) is 104 Å². The highest BCUT2D eigenvalue weighted by molar-refractivity contribution is 5.69. The summed E-state index contributed by atoms with van der Waals surface area (Å²) in [6.07, 6.45) is 17.5. The van der Waals surface area contributed by atoms with Gasteiger partial charge in [-0.15, -0.1) is 0 Å². The van der Waals surface area contributed by atoms with Gasteiger partial charge in [0.2, 0.25) is 0 Å². The number of rotatable bonds is 22. The summed E-state index contributed by atoms with van der Waals surface area (Å²) < 4.78 is 10.1. The molecule has 1 N–H and O–H groups in total. The highest BCUT2D eigenvalue weighted by Gasteiger charge is 2.12. The number of hydrogen-bond donors (Lipinski definition) is 1. The molecule has 0 aliphatic heterocycles. The predicted octanol–water partition coefficient (Wildman–Crippen LogP) is 6.74. The van der Waals surface area contributed by atoms with Gasteiger partial charge in [0, 0.05) is 12.8 Å². The van der Waals surface area contributed by atoms with Crippen LogP contribution in [0.2, 0.25) is 0 Å². The Bertz CT molecular complexity index is 422. The van der Waals surface area contributed by atoms with Crippen molar-refractivity contribution in [2.24, 2.45) is 5.92 Å². The smallest absolute Gasteiger partial charge is 0.305 e. The Hall–Kier alpha value is -1.10. The molecule has 0 aromatic heterocycles. The van der Waals surface area contributed by atoms with Crippen LogP contribution in [0.4, 0.5) is 0 Å². The van der Waals surface area contributed by atoms with Crippen molar-refractivity contribution in [3.63, 3.8) is 0 Å². The van der Waals surface area contributed by atoms with Crippen LogP contribution in [0.25, 0.3) is 0 Å². The fourth-order valence-electron chi connectivity index (χ4n) is 3.50. The number of aliphatic hydroxyl groups is 1. The van der Waals surface area contributed by atoms with Gasteiger partial charge in [0.05, 0.1) is 0 Å². The van der Waals surface area contributed by atoms with E-state index in [-0.39, 0.29) is 25.2 Å². The van der Waals surface area contributed by atoms with Crippen molar-refractivity contribution in [3.05, 3.63) is 0 Å². The summed E-state index contributed by atoms with van der Waals surface area (Å²) in [7, 11) is 0. The minimum atomic E-state index is -0.950. The molecule has 0 bridgehead atoms. The summed E-state index contributed by atoms with van der Waals surface area (Å²) in [5, 5.41) is 9.81. The third-order valence-electron chi connectivity index (χ3n) is 5.52. The van der Waals surface area contributed by atoms with E-state index in [1.54, 1.807) is 0 Å². The Balaban J connectivity index is 3.43. The molecular weight excluding hydrogens is 392 g/mol. The molecule has 5 heteroatoms. The summed E-state index contributed by atoms with van der Waals surface area (Å²) in [6.45, 7) is 6.50. The van der Waals surface area contributed by atoms with E-state index in [0.717, 1.165) is 44.4 Å². The minimum absolute atomic E-state index is 0.112. The van der Waals surface area contributed by atoms with E-state index in [1.165, 1.54) is 57.8 Å². The molecule has 0 unspecified atom stereocenters. The third kappa shape index (κ3) is 23.4. The lowest BCUT2D eigenvalue weighted by Crippen LogP contribution is -2.25. The first-order valence-corrected chi connectivity index (χ1v) is 12.9. The molecule has 184 valence electrons. The van der Waals surface area contributed by atoms with Crippen molar-refractivity contribution in [1.29, 1.82) is 0 Å². The van der Waals surface area contributed by atoms with Crippen LogP contribution in [0.3, 0.4) is 0 Å². The molecule has 0 aliphatic carbocycles. The van der Waals surface area contributed by atoms with Crippen LogP contribution in [0.15, 0.2) is 0 Å². The van der Waals surface area contributed by atoms with E-state index in [0.29, 0.717) is 12.8 Å². The Morgan fingerprint density at radius 2 is 1.03 bits per heavy atom. The van der Waals surface area contributed by atoms with Crippen LogP contribution in [-0.4, -0.2) is 36.4 Å². The standard InChI is InChI=1S/C26H50O5/c1-4-5-6-12-16-19-25(28)30-21-24(27)22-31-26(29)20-17-14-11-9-7-8-10-13-15-18-23(2)3/h23-24,27H,4-22H2,1-3H3/t24-/m0/s1. The Morgan fingerprint density at radius 3 is 1.45 bits per heavy atom. The number of aliphatic hydroxyl groups excluding tert-OH is 1. The highest BCUT2D eigenvalue weighted by atomic mass is 16.6. The molecule has 0 radical (unpaired) electrons. The second kappa shape index (κ2) is 22.1. The van der Waals surface area contributed by atoms with Gasteiger partial charge >= 0.3 is 11.9 Å². The van der Waals surface area contributed by atoms with Crippen LogP contribution in [0, 0.1) is 5.92 Å². The molecule has 31 heavy (non-hydrogen) atoms. The molecule has 0 rings (SSSR count). The Morgan fingerprint density at radius 1 is 0.645 bits per heavy atom. The molecule has 5 nitrogen and oxygen atoms in total. The topological polar surface area (TPSA) is 72.8 Å². The summed E-state index contributed by atoms with van der Waals surface area (Å²) >= 11 is 0. The van der Waals surface area contributed by atoms with Crippen LogP contribution < -0.4 is 0 Å². The molecule has 0 heterocycles. The number of unbranched alkanes of at least 4 members (excludes halogenated alkanes) is 12. The summed E-state index contributed by atoms with van der Waals surface area (Å²) in [5.74, 6) is 0.242. The quantitative estimate of drug-likeness (QED) is 0.148. The van der Waals surface area contributed by atoms with Crippen molar-refractivity contribution in [1.82, 2.24) is 0 Å². The Kier molecular flexibility index (Phi) is 21.3. The van der Waals surface area contributed by atoms with Gasteiger partial charge < -0.3 is 14.6 Å². The molecular formula is C26H50O5. The van der Waals surface area contributed by atoms with E-state index >= 15 is 0 Å². The SMILES string of the molecule is CCCCCCCC(=O)OC[C@H](O)COC(=O)CCCCCCCCCCCC(C)C. The van der Waals surface area contributed by atoms with Gasteiger partial charge in [0.1, 0.15) is 19.3 Å². The molecule has 0 saturated heterocycles. The molecule has 0 aliphatic rings. The Labute approximate surface area is 191 Å². The van der Waals surface area contributed by atoms with Crippen molar-refractivity contribution >= 4 is 11.9 Å². The van der Waals surface area contributed by atoms with Crippen LogP contribution in [0.5, 0.6) is 0 Å². The van der Waals surface area contributed by atoms with Crippen LogP contribution >= 0.6 is 0 Å². The van der Waals surface area contributed by atoms with Gasteiger partial charge in [0.15, 0.2) is 0 Å². The number of hydrogen-bond acceptors (Lipinski definition) is 5. The number of carbonyl (C=O) groups excluding carboxylic acids is 2. The van der Waals surface area contributed by atoms with E-state index in [1.807, 2.05) is 0 Å². The van der Waals surface area contributed by atoms with E-state index < -0.39 is 6.10 Å². The van der Waals surface area contributed by atoms with E-state index in [9.17, 15) is 14.7 Å². The lowest BCUT2D eigenvalue weighted by Gasteiger charge is -2.12. The minimum Gasteiger partial charge on any atom is -0.463 e. The van der Waals surface area contributed by atoms with Crippen molar-refractivity contribution in [2.75, 3.05) is 13.2 Å². The third-order valence-corrected chi connectivity index (χ3v) is 5.52. The average molecular weight is 443 g/mol. The second-order valence-electron chi connectivity index (χ2n) is 9.30. The van der Waals surface area contributed by atoms with Gasteiger partial charge in [-0.25, -0.2) is 0 Å². The largest absolute Gasteiger partial charge is 0.463 e. The maximum Gasteiger partial charge on any atom is 0.305 e. The van der Waals surface area contributed by atoms with Gasteiger partial charge in [-0.3, -0.25) is 9.59 Å². The maximum absolute atomic E-state index is 11.8. The number of carbonyl (C=O) groups is 2. The lowest BCUT2D eigenvalue weighted by molar-refractivity contribution is -0.152. The second-order valence-corrected chi connectivity index (χ2v) is 9.30. The van der Waals surface area contributed by atoms with Crippen molar-refractivity contribution < 1.29 is 24.2 Å². The molecule has 0 saturated carbocycles. The van der Waals surface area contributed by atoms with Crippen molar-refractivity contribution in [2.45, 2.75) is 136 Å². The van der Waals surface area contributed by atoms with Crippen molar-refractivity contribution in [3.8, 4) is 0 Å². The molecule has 0 fully saturated rings. The fourth-order valence-corrected chi connectivity index (χ4v) is 3.50. The zero-order chi connectivity index (χ0) is 23.2. The predicted molar refractivity (Wildman–Crippen MR) is 127 cm³/mol. The van der Waals surface area contributed by atoms with Crippen LogP contribution in [0.1, 0.15) is 130 Å². The lowest BCUT2D eigenvalue weighted by atomic mass is 10.0. The molecule has 1 atom stereocenters. The van der Waals surface area contributed by atoms with Gasteiger partial charge in [0.25, 0.3) is 0 Å². The fraction of sp³-hybridized carbons (Fsp3) is 0.923. The first kappa shape index (κ1) is 29.9. The number of ether oxygens (including phenoxy) is 2. The molecule has 0 spiro atoms. The monoisotopic (exact) mass is 442 g/mol. The molecule has 0 amide bonds. The molecule has 0 aromatic carbocycles. The highest BCUT2D eigenvalue weighted by Crippen LogP contribution is 2.13. The average Bonchev–Trinajstić information content (AvgIpc) is 2.74. The zero-order valence-corrected chi connectivity index (χ0v) is 20.7. The maximum atomic E-state index is 11.8. The normalized spacial score (nSPS) is 12.2. The molecule has 0 aromatic rings. The van der Waals surface area contributed by atoms with Crippen LogP contribution in [-0.2, 0) is 19.1 Å². The number of esters is 2. The summed E-state index contributed by atoms with van der Waals surface area (Å²) in [5.41, 5.74) is 0. The van der Waals surface area contributed by atoms with E-state index in [2.05, 4.69) is 20.8 Å². The van der Waals surface area contributed by atoms with E-state index in [4.69, 9.17) is 9.47 Å². The van der Waals surface area contributed by atoms with Gasteiger partial charge in [-0.05, 0) is 18.8 Å². The summed E-state index contributed by atoms with van der Waals surface area (Å²) in [6, 6.07) is 0. The van der Waals surface area contributed by atoms with Gasteiger partial charge in [-0.2, -0.15) is 0 Å².